The Kier molecular flexibility index (Phi) is 24.7. The number of nitrogens with one attached hydrogen (secondary N) is 7. The van der Waals surface area contributed by atoms with Crippen molar-refractivity contribution in [3.63, 3.8) is 0 Å². The molecule has 6 amide bonds. The minimum Gasteiger partial charge on any atom is -0.508 e. The predicted octanol–water partition coefficient (Wildman–Crippen LogP) is -1.90. The first-order valence-corrected chi connectivity index (χ1v) is 21.2. The van der Waals surface area contributed by atoms with Crippen LogP contribution in [0.15, 0.2) is 41.8 Å². The molecule has 0 fully saturated rings. The summed E-state index contributed by atoms with van der Waals surface area (Å²) in [6.45, 7) is 8.01. The van der Waals surface area contributed by atoms with Gasteiger partial charge in [-0.2, -0.15) is 13.2 Å². The van der Waals surface area contributed by atoms with E-state index in [0.29, 0.717) is 17.7 Å². The fourth-order valence-corrected chi connectivity index (χ4v) is 5.88. The Bertz CT molecular complexity index is 2090. The number of aromatic hydroxyl groups is 1. The predicted molar refractivity (Wildman–Crippen MR) is 237 cm³/mol. The molecule has 1 aromatic heterocycles. The highest BCUT2D eigenvalue weighted by molar-refractivity contribution is 5.97. The Balaban J connectivity index is 0.00000314. The lowest BCUT2D eigenvalue weighted by molar-refractivity contribution is -0.192. The van der Waals surface area contributed by atoms with Gasteiger partial charge in [-0.25, -0.2) is 9.78 Å². The van der Waals surface area contributed by atoms with E-state index in [0.717, 1.165) is 0 Å². The number of guanidine groups is 1. The average molecular weight is 987 g/mol. The van der Waals surface area contributed by atoms with Gasteiger partial charge in [0.05, 0.1) is 18.8 Å². The third-order valence-corrected chi connectivity index (χ3v) is 9.94. The van der Waals surface area contributed by atoms with Crippen LogP contribution in [0, 0.1) is 11.8 Å². The highest BCUT2D eigenvalue weighted by Crippen LogP contribution is 2.16. The molecule has 1 heterocycles. The molecular formula is C41H61F3N12O13. The monoisotopic (exact) mass is 986 g/mol. The van der Waals surface area contributed by atoms with Gasteiger partial charge in [-0.05, 0) is 49.3 Å². The van der Waals surface area contributed by atoms with E-state index in [1.165, 1.54) is 43.7 Å². The molecule has 0 saturated heterocycles. The van der Waals surface area contributed by atoms with Crippen molar-refractivity contribution in [3.05, 3.63) is 48.0 Å². The van der Waals surface area contributed by atoms with E-state index in [4.69, 9.17) is 32.2 Å². The van der Waals surface area contributed by atoms with Crippen molar-refractivity contribution in [2.75, 3.05) is 6.54 Å². The van der Waals surface area contributed by atoms with Crippen LogP contribution in [0.3, 0.4) is 0 Å². The number of aromatic amines is 1. The number of phenolic OH excluding ortho intramolecular Hbond substituents is 1. The van der Waals surface area contributed by atoms with E-state index in [9.17, 15) is 61.7 Å². The second-order valence-corrected chi connectivity index (χ2v) is 16.0. The molecule has 25 nitrogen and oxygen atoms in total. The quantitative estimate of drug-likeness (QED) is 0.0278. The molecular weight excluding hydrogens is 926 g/mol. The zero-order valence-corrected chi connectivity index (χ0v) is 38.3. The first-order valence-electron chi connectivity index (χ1n) is 21.2. The zero-order valence-electron chi connectivity index (χ0n) is 38.3. The fourth-order valence-electron chi connectivity index (χ4n) is 5.88. The number of aliphatic carboxylic acids is 3. The molecule has 69 heavy (non-hydrogen) atoms. The fraction of sp³-hybridized carbons (Fsp3) is 0.537. The number of aromatic nitrogens is 2. The number of rotatable bonds is 26. The molecule has 0 aliphatic heterocycles. The van der Waals surface area contributed by atoms with Crippen LogP contribution in [0.2, 0.25) is 0 Å². The number of carboxylic acid groups (broad SMARTS) is 3. The van der Waals surface area contributed by atoms with Crippen LogP contribution in [0.25, 0.3) is 0 Å². The highest BCUT2D eigenvalue weighted by atomic mass is 19.4. The number of H-pyrrole nitrogens is 1. The molecule has 8 atom stereocenters. The van der Waals surface area contributed by atoms with Gasteiger partial charge in [0.15, 0.2) is 5.96 Å². The molecule has 0 spiro atoms. The Labute approximate surface area is 393 Å². The SMILES string of the molecule is CC[C@H](C)[C@H](NC(=O)[C@H](Cc1ccc(O)cc1)NC(=O)[C@@H](NC(=O)[C@H](CCCN=C(N)N)NC(=O)[C@@H](N)CC(=O)O)C(C)C)C(=O)N[C@@H](Cc1cnc[nH]1)C(=O)N[C@H](C)C(=O)O.O=C(O)C(F)(F)F. The summed E-state index contributed by atoms with van der Waals surface area (Å²) in [5.74, 6) is -11.8. The van der Waals surface area contributed by atoms with Gasteiger partial charge in [0.2, 0.25) is 35.4 Å². The first-order chi connectivity index (χ1) is 32.1. The van der Waals surface area contributed by atoms with Crippen LogP contribution in [0.1, 0.15) is 71.6 Å². The average Bonchev–Trinajstić information content (AvgIpc) is 3.77. The van der Waals surface area contributed by atoms with Crippen LogP contribution in [-0.4, -0.2) is 145 Å². The number of nitrogens with zero attached hydrogens (tertiary/aromatic N) is 2. The van der Waals surface area contributed by atoms with Crippen molar-refractivity contribution in [1.82, 2.24) is 41.9 Å². The van der Waals surface area contributed by atoms with E-state index in [1.807, 2.05) is 0 Å². The van der Waals surface area contributed by atoms with Crippen LogP contribution < -0.4 is 49.1 Å². The molecule has 0 radical (unpaired) electrons. The van der Waals surface area contributed by atoms with Crippen LogP contribution in [-0.2, 0) is 56.0 Å². The summed E-state index contributed by atoms with van der Waals surface area (Å²) >= 11 is 0. The molecule has 1 aromatic carbocycles. The topological polar surface area (TPSA) is 426 Å². The summed E-state index contributed by atoms with van der Waals surface area (Å²) in [6, 6.07) is -3.61. The van der Waals surface area contributed by atoms with Gasteiger partial charge in [0.25, 0.3) is 0 Å². The van der Waals surface area contributed by atoms with Crippen molar-refractivity contribution in [3.8, 4) is 5.75 Å². The van der Waals surface area contributed by atoms with E-state index in [1.54, 1.807) is 27.7 Å². The van der Waals surface area contributed by atoms with Gasteiger partial charge >= 0.3 is 24.1 Å². The number of hydrogen-bond donors (Lipinski definition) is 14. The Morgan fingerprint density at radius 1 is 0.739 bits per heavy atom. The number of nitrogens with two attached hydrogens (primary N) is 3. The lowest BCUT2D eigenvalue weighted by atomic mass is 9.96. The van der Waals surface area contributed by atoms with Gasteiger partial charge in [0, 0.05) is 31.3 Å². The van der Waals surface area contributed by atoms with Crippen LogP contribution >= 0.6 is 0 Å². The number of carbonyl (C=O) groups is 9. The molecule has 0 unspecified atom stereocenters. The molecule has 0 saturated carbocycles. The van der Waals surface area contributed by atoms with Crippen molar-refractivity contribution in [2.45, 2.75) is 122 Å². The third kappa shape index (κ3) is 22.2. The minimum atomic E-state index is -5.08. The smallest absolute Gasteiger partial charge is 0.490 e. The number of benzene rings is 1. The van der Waals surface area contributed by atoms with Gasteiger partial charge in [-0.15, -0.1) is 0 Å². The number of imidazole rings is 1. The molecule has 384 valence electrons. The maximum Gasteiger partial charge on any atom is 0.490 e. The number of aliphatic imine (C=N–C) groups is 1. The number of hydrogen-bond acceptors (Lipinski definition) is 13. The second kappa shape index (κ2) is 28.6. The van der Waals surface area contributed by atoms with Crippen molar-refractivity contribution >= 4 is 59.3 Å². The summed E-state index contributed by atoms with van der Waals surface area (Å²) < 4.78 is 31.7. The standard InChI is InChI=1S/C39H60N12O11.C2HF3O2/c1-6-20(4)31(37(60)49-28(15-23-17-43-18-45-23)34(57)46-21(5)38(61)62)51-35(58)27(14-22-9-11-24(52)12-10-22)48-36(59)30(19(2)3)50-33(56)26(8-7-13-44-39(41)42)47-32(55)25(40)16-29(53)54;3-2(4,5)1(6)7/h9-12,17-21,25-28,30-31,52H,6-8,13-16,40H2,1-5H3,(H,43,45)(H,46,57)(H,47,55)(H,48,59)(H,49,60)(H,50,56)(H,51,58)(H,53,54)(H,61,62)(H4,41,42,44);(H,6,7)/t20-,21+,25-,26-,27-,28-,30-,31-;/m0./s1. The number of carboxylic acids is 3. The number of halogens is 3. The zero-order chi connectivity index (χ0) is 52.8. The maximum atomic E-state index is 14.2. The first kappa shape index (κ1) is 59.5. The minimum absolute atomic E-state index is 0.0471. The second-order valence-electron chi connectivity index (χ2n) is 16.0. The van der Waals surface area contributed by atoms with Crippen molar-refractivity contribution < 1.29 is 76.7 Å². The Morgan fingerprint density at radius 2 is 1.25 bits per heavy atom. The van der Waals surface area contributed by atoms with E-state index in [-0.39, 0.29) is 43.9 Å². The third-order valence-electron chi connectivity index (χ3n) is 9.94. The molecule has 28 heteroatoms. The van der Waals surface area contributed by atoms with E-state index >= 15 is 0 Å². The number of amides is 6. The number of phenols is 1. The van der Waals surface area contributed by atoms with Gasteiger partial charge in [-0.1, -0.05) is 46.2 Å². The lowest BCUT2D eigenvalue weighted by Crippen LogP contribution is -2.61. The molecule has 17 N–H and O–H groups in total. The van der Waals surface area contributed by atoms with Gasteiger partial charge < -0.3 is 74.5 Å². The largest absolute Gasteiger partial charge is 0.508 e. The normalized spacial score (nSPS) is 14.5. The van der Waals surface area contributed by atoms with Crippen LogP contribution in [0.5, 0.6) is 5.75 Å². The number of carbonyl (C=O) groups excluding carboxylic acids is 6. The summed E-state index contributed by atoms with van der Waals surface area (Å²) in [5.41, 5.74) is 17.4. The summed E-state index contributed by atoms with van der Waals surface area (Å²) in [4.78, 5) is 124. The molecule has 2 aromatic rings. The van der Waals surface area contributed by atoms with Crippen molar-refractivity contribution in [1.29, 1.82) is 0 Å². The Morgan fingerprint density at radius 3 is 1.72 bits per heavy atom. The van der Waals surface area contributed by atoms with Gasteiger partial charge in [0.1, 0.15) is 42.0 Å². The van der Waals surface area contributed by atoms with E-state index in [2.05, 4.69) is 46.9 Å². The summed E-state index contributed by atoms with van der Waals surface area (Å²) in [6.07, 6.45) is -2.78. The lowest BCUT2D eigenvalue weighted by Gasteiger charge is -2.30. The molecule has 0 aliphatic rings. The molecule has 0 aliphatic carbocycles. The number of alkyl halides is 3. The van der Waals surface area contributed by atoms with E-state index < -0.39 is 120 Å². The summed E-state index contributed by atoms with van der Waals surface area (Å²) in [5, 5.41) is 50.8. The molecule has 0 bridgehead atoms. The molecule has 2 rings (SSSR count). The van der Waals surface area contributed by atoms with Gasteiger partial charge in [-0.3, -0.25) is 43.3 Å². The van der Waals surface area contributed by atoms with Crippen molar-refractivity contribution in [2.24, 2.45) is 34.0 Å². The summed E-state index contributed by atoms with van der Waals surface area (Å²) in [7, 11) is 0. The Hall–Kier alpha value is -7.52. The van der Waals surface area contributed by atoms with Crippen LogP contribution in [0.4, 0.5) is 13.2 Å². The highest BCUT2D eigenvalue weighted by Gasteiger charge is 2.39. The maximum absolute atomic E-state index is 14.2.